The van der Waals surface area contributed by atoms with Gasteiger partial charge in [-0.1, -0.05) is 25.3 Å². The first-order valence-electron chi connectivity index (χ1n) is 6.28. The first-order chi connectivity index (χ1) is 7.56. The molecule has 0 N–H and O–H groups in total. The van der Waals surface area contributed by atoms with Gasteiger partial charge in [0.05, 0.1) is 0 Å². The predicted octanol–water partition coefficient (Wildman–Crippen LogP) is 3.45. The average molecular weight is 222 g/mol. The van der Waals surface area contributed by atoms with Crippen molar-refractivity contribution >= 4 is 11.6 Å². The standard InChI is InChI=1S/C14H22O2/c1-4-5-6-7-13(15)9-12-8-10(2)11(3)14(12)16/h12H,4-9H2,1-3H3. The molecule has 1 rings (SSSR count). The summed E-state index contributed by atoms with van der Waals surface area (Å²) in [7, 11) is 0. The van der Waals surface area contributed by atoms with E-state index in [0.29, 0.717) is 12.8 Å². The molecule has 0 aromatic carbocycles. The van der Waals surface area contributed by atoms with Gasteiger partial charge < -0.3 is 0 Å². The van der Waals surface area contributed by atoms with E-state index in [4.69, 9.17) is 0 Å². The van der Waals surface area contributed by atoms with Gasteiger partial charge in [0.15, 0.2) is 5.78 Å². The molecule has 0 aromatic rings. The van der Waals surface area contributed by atoms with Crippen LogP contribution in [0.5, 0.6) is 0 Å². The maximum absolute atomic E-state index is 11.8. The van der Waals surface area contributed by atoms with Gasteiger partial charge >= 0.3 is 0 Å². The molecule has 1 aliphatic rings. The van der Waals surface area contributed by atoms with Crippen molar-refractivity contribution in [1.82, 2.24) is 0 Å². The zero-order valence-corrected chi connectivity index (χ0v) is 10.6. The molecule has 0 saturated carbocycles. The molecule has 0 radical (unpaired) electrons. The van der Waals surface area contributed by atoms with Gasteiger partial charge in [-0.25, -0.2) is 0 Å². The molecule has 1 unspecified atom stereocenters. The molecule has 1 atom stereocenters. The quantitative estimate of drug-likeness (QED) is 0.645. The smallest absolute Gasteiger partial charge is 0.162 e. The summed E-state index contributed by atoms with van der Waals surface area (Å²) in [5.41, 5.74) is 2.04. The minimum atomic E-state index is -0.0471. The molecule has 1 aliphatic carbocycles. The van der Waals surface area contributed by atoms with Crippen LogP contribution in [-0.4, -0.2) is 11.6 Å². The highest BCUT2D eigenvalue weighted by atomic mass is 16.1. The number of allylic oxidation sites excluding steroid dienone is 2. The molecule has 2 nitrogen and oxygen atoms in total. The lowest BCUT2D eigenvalue weighted by atomic mass is 9.95. The van der Waals surface area contributed by atoms with E-state index in [0.717, 1.165) is 36.8 Å². The Morgan fingerprint density at radius 2 is 2.00 bits per heavy atom. The van der Waals surface area contributed by atoms with Crippen molar-refractivity contribution in [3.05, 3.63) is 11.1 Å². The fourth-order valence-corrected chi connectivity index (χ4v) is 2.25. The van der Waals surface area contributed by atoms with Crippen LogP contribution in [0.15, 0.2) is 11.1 Å². The van der Waals surface area contributed by atoms with Crippen LogP contribution >= 0.6 is 0 Å². The van der Waals surface area contributed by atoms with E-state index in [9.17, 15) is 9.59 Å². The van der Waals surface area contributed by atoms with Crippen LogP contribution in [0.25, 0.3) is 0 Å². The van der Waals surface area contributed by atoms with Crippen LogP contribution < -0.4 is 0 Å². The third-order valence-electron chi connectivity index (χ3n) is 3.47. The van der Waals surface area contributed by atoms with Crippen molar-refractivity contribution in [2.75, 3.05) is 0 Å². The minimum Gasteiger partial charge on any atom is -0.300 e. The molecule has 0 bridgehead atoms. The van der Waals surface area contributed by atoms with Crippen LogP contribution in [0.2, 0.25) is 0 Å². The van der Waals surface area contributed by atoms with E-state index < -0.39 is 0 Å². The molecule has 0 aromatic heterocycles. The largest absolute Gasteiger partial charge is 0.300 e. The fourth-order valence-electron chi connectivity index (χ4n) is 2.25. The Bertz CT molecular complexity index is 313. The third kappa shape index (κ3) is 3.29. The fraction of sp³-hybridized carbons (Fsp3) is 0.714. The van der Waals surface area contributed by atoms with Crippen LogP contribution in [0.1, 0.15) is 59.3 Å². The zero-order valence-electron chi connectivity index (χ0n) is 10.6. The van der Waals surface area contributed by atoms with Crippen molar-refractivity contribution in [2.45, 2.75) is 59.3 Å². The molecule has 0 fully saturated rings. The molecule has 0 aliphatic heterocycles. The highest BCUT2D eigenvalue weighted by Crippen LogP contribution is 2.30. The van der Waals surface area contributed by atoms with Crippen LogP contribution in [-0.2, 0) is 9.59 Å². The van der Waals surface area contributed by atoms with Gasteiger partial charge in [-0.3, -0.25) is 9.59 Å². The van der Waals surface area contributed by atoms with Crippen molar-refractivity contribution in [3.63, 3.8) is 0 Å². The molecule has 90 valence electrons. The van der Waals surface area contributed by atoms with E-state index in [2.05, 4.69) is 6.92 Å². The lowest BCUT2D eigenvalue weighted by Crippen LogP contribution is -2.14. The van der Waals surface area contributed by atoms with Gasteiger partial charge in [0, 0.05) is 18.8 Å². The van der Waals surface area contributed by atoms with E-state index in [1.54, 1.807) is 0 Å². The second-order valence-electron chi connectivity index (χ2n) is 4.87. The normalized spacial score (nSPS) is 20.7. The molecule has 0 saturated heterocycles. The lowest BCUT2D eigenvalue weighted by Gasteiger charge is -2.07. The summed E-state index contributed by atoms with van der Waals surface area (Å²) in [5, 5.41) is 0. The summed E-state index contributed by atoms with van der Waals surface area (Å²) in [4.78, 5) is 23.4. The SMILES string of the molecule is CCCCCC(=O)CC1CC(C)=C(C)C1=O. The number of ketones is 2. The number of rotatable bonds is 6. The van der Waals surface area contributed by atoms with Crippen LogP contribution in [0.4, 0.5) is 0 Å². The average Bonchev–Trinajstić information content (AvgIpc) is 2.47. The number of unbranched alkanes of at least 4 members (excludes halogenated alkanes) is 2. The van der Waals surface area contributed by atoms with Gasteiger partial charge in [0.1, 0.15) is 5.78 Å². The monoisotopic (exact) mass is 222 g/mol. The topological polar surface area (TPSA) is 34.1 Å². The highest BCUT2D eigenvalue weighted by Gasteiger charge is 2.29. The first-order valence-corrected chi connectivity index (χ1v) is 6.28. The highest BCUT2D eigenvalue weighted by molar-refractivity contribution is 6.02. The Morgan fingerprint density at radius 3 is 2.50 bits per heavy atom. The van der Waals surface area contributed by atoms with E-state index in [-0.39, 0.29) is 17.5 Å². The molecule has 2 heteroatoms. The molecular weight excluding hydrogens is 200 g/mol. The second-order valence-corrected chi connectivity index (χ2v) is 4.87. The van der Waals surface area contributed by atoms with E-state index in [1.807, 2.05) is 13.8 Å². The molecular formula is C14H22O2. The van der Waals surface area contributed by atoms with E-state index in [1.165, 1.54) is 0 Å². The third-order valence-corrected chi connectivity index (χ3v) is 3.47. The number of carbonyl (C=O) groups is 2. The Kier molecular flexibility index (Phi) is 4.91. The summed E-state index contributed by atoms with van der Waals surface area (Å²) in [5.74, 6) is 0.407. The number of carbonyl (C=O) groups excluding carboxylic acids is 2. The summed E-state index contributed by atoms with van der Waals surface area (Å²) >= 11 is 0. The van der Waals surface area contributed by atoms with Crippen molar-refractivity contribution in [3.8, 4) is 0 Å². The summed E-state index contributed by atoms with van der Waals surface area (Å²) in [6.07, 6.45) is 5.12. The van der Waals surface area contributed by atoms with Gasteiger partial charge in [-0.05, 0) is 32.3 Å². The number of Topliss-reactive ketones (excluding diaryl/α,β-unsaturated/α-hetero) is 2. The molecule has 0 amide bonds. The molecule has 16 heavy (non-hydrogen) atoms. The Balaban J connectivity index is 2.34. The predicted molar refractivity (Wildman–Crippen MR) is 65.3 cm³/mol. The Morgan fingerprint density at radius 1 is 1.31 bits per heavy atom. The molecule has 0 spiro atoms. The van der Waals surface area contributed by atoms with Crippen molar-refractivity contribution in [1.29, 1.82) is 0 Å². The van der Waals surface area contributed by atoms with E-state index >= 15 is 0 Å². The Labute approximate surface area is 98.1 Å². The summed E-state index contributed by atoms with van der Waals surface area (Å²) < 4.78 is 0. The van der Waals surface area contributed by atoms with Crippen molar-refractivity contribution < 1.29 is 9.59 Å². The minimum absolute atomic E-state index is 0.0471. The summed E-state index contributed by atoms with van der Waals surface area (Å²) in [6.45, 7) is 6.00. The van der Waals surface area contributed by atoms with Gasteiger partial charge in [0.25, 0.3) is 0 Å². The maximum atomic E-state index is 11.8. The first kappa shape index (κ1) is 13.1. The summed E-state index contributed by atoms with van der Waals surface area (Å²) in [6, 6.07) is 0. The number of hydrogen-bond acceptors (Lipinski definition) is 2. The van der Waals surface area contributed by atoms with Crippen LogP contribution in [0, 0.1) is 5.92 Å². The van der Waals surface area contributed by atoms with Gasteiger partial charge in [0.2, 0.25) is 0 Å². The van der Waals surface area contributed by atoms with Crippen molar-refractivity contribution in [2.24, 2.45) is 5.92 Å². The Hall–Kier alpha value is -0.920. The zero-order chi connectivity index (χ0) is 12.1. The lowest BCUT2D eigenvalue weighted by molar-refractivity contribution is -0.125. The molecule has 0 heterocycles. The van der Waals surface area contributed by atoms with Gasteiger partial charge in [-0.2, -0.15) is 0 Å². The van der Waals surface area contributed by atoms with Crippen LogP contribution in [0.3, 0.4) is 0 Å². The second kappa shape index (κ2) is 5.97. The number of hydrogen-bond donors (Lipinski definition) is 0. The maximum Gasteiger partial charge on any atom is 0.162 e. The van der Waals surface area contributed by atoms with Gasteiger partial charge in [-0.15, -0.1) is 0 Å².